The third-order valence-electron chi connectivity index (χ3n) is 6.86. The summed E-state index contributed by atoms with van der Waals surface area (Å²) in [6.07, 6.45) is 0. The van der Waals surface area contributed by atoms with Gasteiger partial charge in [-0.1, -0.05) is 97.1 Å². The second kappa shape index (κ2) is 9.37. The molecule has 0 amide bonds. The van der Waals surface area contributed by atoms with Crippen molar-refractivity contribution in [3.63, 3.8) is 0 Å². The molecule has 0 bridgehead atoms. The van der Waals surface area contributed by atoms with Crippen molar-refractivity contribution in [3.05, 3.63) is 133 Å². The topological polar surface area (TPSA) is 67.4 Å². The van der Waals surface area contributed by atoms with Crippen LogP contribution >= 0.6 is 0 Å². The van der Waals surface area contributed by atoms with Crippen molar-refractivity contribution in [2.24, 2.45) is 0 Å². The number of aromatic nitrogens is 4. The van der Waals surface area contributed by atoms with E-state index in [1.807, 2.05) is 103 Å². The maximum Gasteiger partial charge on any atom is 0.164 e. The Labute approximate surface area is 225 Å². The van der Waals surface area contributed by atoms with Gasteiger partial charge < -0.3 is 4.57 Å². The van der Waals surface area contributed by atoms with Crippen molar-refractivity contribution in [2.45, 2.75) is 0 Å². The Hall–Kier alpha value is -5.60. The van der Waals surface area contributed by atoms with Crippen LogP contribution in [0.1, 0.15) is 5.56 Å². The van der Waals surface area contributed by atoms with Crippen LogP contribution < -0.4 is 0 Å². The number of fused-ring (bicyclic) bond motifs is 3. The van der Waals surface area contributed by atoms with Gasteiger partial charge in [-0.05, 0) is 30.3 Å². The molecule has 2 aromatic heterocycles. The van der Waals surface area contributed by atoms with Crippen molar-refractivity contribution < 1.29 is 0 Å². The summed E-state index contributed by atoms with van der Waals surface area (Å²) in [6, 6.07) is 44.6. The van der Waals surface area contributed by atoms with Gasteiger partial charge in [-0.2, -0.15) is 5.26 Å². The molecule has 0 saturated carbocycles. The van der Waals surface area contributed by atoms with E-state index in [0.29, 0.717) is 23.0 Å². The first-order valence-corrected chi connectivity index (χ1v) is 12.7. The molecule has 0 aliphatic rings. The van der Waals surface area contributed by atoms with Gasteiger partial charge in [-0.3, -0.25) is 0 Å². The molecular weight excluding hydrogens is 478 g/mol. The van der Waals surface area contributed by atoms with Crippen LogP contribution in [0.25, 0.3) is 61.7 Å². The third-order valence-corrected chi connectivity index (χ3v) is 6.86. The molecule has 5 heteroatoms. The zero-order valence-electron chi connectivity index (χ0n) is 20.9. The van der Waals surface area contributed by atoms with Crippen molar-refractivity contribution >= 4 is 21.8 Å². The van der Waals surface area contributed by atoms with Gasteiger partial charge in [0.25, 0.3) is 0 Å². The highest BCUT2D eigenvalue weighted by Gasteiger charge is 2.15. The lowest BCUT2D eigenvalue weighted by atomic mass is 10.1. The predicted octanol–water partition coefficient (Wildman–Crippen LogP) is 7.84. The summed E-state index contributed by atoms with van der Waals surface area (Å²) in [5.41, 5.74) is 6.40. The lowest BCUT2D eigenvalue weighted by molar-refractivity contribution is 1.07. The van der Waals surface area contributed by atoms with Crippen LogP contribution in [0.4, 0.5) is 0 Å². The molecule has 0 atom stereocenters. The van der Waals surface area contributed by atoms with Gasteiger partial charge in [0.05, 0.1) is 22.7 Å². The van der Waals surface area contributed by atoms with Gasteiger partial charge in [-0.25, -0.2) is 15.0 Å². The van der Waals surface area contributed by atoms with E-state index in [4.69, 9.17) is 15.0 Å². The Kier molecular flexibility index (Phi) is 5.42. The maximum absolute atomic E-state index is 9.58. The number of hydrogen-bond donors (Lipinski definition) is 0. The van der Waals surface area contributed by atoms with Crippen LogP contribution in [0.15, 0.2) is 127 Å². The van der Waals surface area contributed by atoms with E-state index in [2.05, 4.69) is 34.9 Å². The molecule has 7 aromatic rings. The van der Waals surface area contributed by atoms with E-state index in [1.54, 1.807) is 0 Å². The van der Waals surface area contributed by atoms with E-state index < -0.39 is 0 Å². The summed E-state index contributed by atoms with van der Waals surface area (Å²) in [6.45, 7) is 0. The molecule has 0 N–H and O–H groups in total. The van der Waals surface area contributed by atoms with E-state index in [1.165, 1.54) is 0 Å². The average molecular weight is 500 g/mol. The van der Waals surface area contributed by atoms with Crippen molar-refractivity contribution in [3.8, 4) is 45.9 Å². The zero-order chi connectivity index (χ0) is 26.2. The van der Waals surface area contributed by atoms with Crippen molar-refractivity contribution in [1.82, 2.24) is 19.5 Å². The number of benzene rings is 5. The molecule has 0 fully saturated rings. The van der Waals surface area contributed by atoms with Gasteiger partial charge in [0.1, 0.15) is 0 Å². The summed E-state index contributed by atoms with van der Waals surface area (Å²) >= 11 is 0. The predicted molar refractivity (Wildman–Crippen MR) is 155 cm³/mol. The van der Waals surface area contributed by atoms with E-state index >= 15 is 0 Å². The third kappa shape index (κ3) is 4.01. The van der Waals surface area contributed by atoms with Gasteiger partial charge in [0.15, 0.2) is 17.5 Å². The van der Waals surface area contributed by atoms with Crippen LogP contribution in [0.2, 0.25) is 0 Å². The largest absolute Gasteiger partial charge is 0.309 e. The highest BCUT2D eigenvalue weighted by molar-refractivity contribution is 6.09. The molecule has 0 radical (unpaired) electrons. The van der Waals surface area contributed by atoms with Crippen LogP contribution in [0.5, 0.6) is 0 Å². The van der Waals surface area contributed by atoms with Gasteiger partial charge >= 0.3 is 0 Å². The summed E-state index contributed by atoms with van der Waals surface area (Å²) < 4.78 is 2.20. The highest BCUT2D eigenvalue weighted by Crippen LogP contribution is 2.34. The second-order valence-corrected chi connectivity index (χ2v) is 9.28. The Bertz CT molecular complexity index is 1960. The Morgan fingerprint density at radius 2 is 1.05 bits per heavy atom. The number of para-hydroxylation sites is 1. The number of hydrogen-bond acceptors (Lipinski definition) is 4. The summed E-state index contributed by atoms with van der Waals surface area (Å²) in [5.74, 6) is 1.85. The monoisotopic (exact) mass is 499 g/mol. The van der Waals surface area contributed by atoms with Crippen LogP contribution in [0.3, 0.4) is 0 Å². The minimum Gasteiger partial charge on any atom is -0.309 e. The minimum absolute atomic E-state index is 0.600. The molecule has 5 nitrogen and oxygen atoms in total. The standard InChI is InChI=1S/C34H21N5/c35-22-23-18-19-29-28-16-7-8-17-30(28)39(31(29)20-23)27-15-9-14-26(21-27)34-37-32(24-10-3-1-4-11-24)36-33(38-34)25-12-5-2-6-13-25/h1-21H. The zero-order valence-corrected chi connectivity index (χ0v) is 20.9. The molecule has 2 heterocycles. The fourth-order valence-corrected chi connectivity index (χ4v) is 5.04. The first kappa shape index (κ1) is 22.6. The van der Waals surface area contributed by atoms with E-state index in [-0.39, 0.29) is 0 Å². The quantitative estimate of drug-likeness (QED) is 0.247. The maximum atomic E-state index is 9.58. The summed E-state index contributed by atoms with van der Waals surface area (Å²) in [7, 11) is 0. The molecule has 182 valence electrons. The van der Waals surface area contributed by atoms with E-state index in [9.17, 15) is 5.26 Å². The molecule has 5 aromatic carbocycles. The molecule has 0 unspecified atom stereocenters. The first-order chi connectivity index (χ1) is 19.3. The Morgan fingerprint density at radius 3 is 1.72 bits per heavy atom. The van der Waals surface area contributed by atoms with E-state index in [0.717, 1.165) is 44.2 Å². The average Bonchev–Trinajstić information content (AvgIpc) is 3.35. The smallest absolute Gasteiger partial charge is 0.164 e. The molecule has 0 aliphatic carbocycles. The molecule has 0 spiro atoms. The summed E-state index contributed by atoms with van der Waals surface area (Å²) in [5, 5.41) is 11.8. The van der Waals surface area contributed by atoms with Gasteiger partial charge in [-0.15, -0.1) is 0 Å². The lowest BCUT2D eigenvalue weighted by Gasteiger charge is -2.11. The van der Waals surface area contributed by atoms with Crippen molar-refractivity contribution in [2.75, 3.05) is 0 Å². The van der Waals surface area contributed by atoms with Gasteiger partial charge in [0, 0.05) is 33.2 Å². The fourth-order valence-electron chi connectivity index (χ4n) is 5.04. The molecule has 0 saturated heterocycles. The van der Waals surface area contributed by atoms with Crippen LogP contribution in [-0.4, -0.2) is 19.5 Å². The SMILES string of the molecule is N#Cc1ccc2c3ccccc3n(-c3cccc(-c4nc(-c5ccccc5)nc(-c5ccccc5)n4)c3)c2c1. The van der Waals surface area contributed by atoms with Crippen molar-refractivity contribution in [1.29, 1.82) is 5.26 Å². The highest BCUT2D eigenvalue weighted by atomic mass is 15.0. The lowest BCUT2D eigenvalue weighted by Crippen LogP contribution is -2.01. The number of nitriles is 1. The van der Waals surface area contributed by atoms with Crippen LogP contribution in [0, 0.1) is 11.3 Å². The normalized spacial score (nSPS) is 11.1. The Balaban J connectivity index is 1.45. The number of nitrogens with zero attached hydrogens (tertiary/aromatic N) is 5. The number of rotatable bonds is 4. The first-order valence-electron chi connectivity index (χ1n) is 12.7. The summed E-state index contributed by atoms with van der Waals surface area (Å²) in [4.78, 5) is 14.6. The van der Waals surface area contributed by atoms with Gasteiger partial charge in [0.2, 0.25) is 0 Å². The molecule has 0 aliphatic heterocycles. The molecular formula is C34H21N5. The second-order valence-electron chi connectivity index (χ2n) is 9.28. The van der Waals surface area contributed by atoms with Crippen LogP contribution in [-0.2, 0) is 0 Å². The minimum atomic E-state index is 0.600. The molecule has 39 heavy (non-hydrogen) atoms. The fraction of sp³-hybridized carbons (Fsp3) is 0. The Morgan fingerprint density at radius 1 is 0.487 bits per heavy atom. The molecule has 7 rings (SSSR count).